The monoisotopic (exact) mass is 1490 g/mol. The number of amides is 13. The number of aromatic amines is 3. The van der Waals surface area contributed by atoms with Crippen LogP contribution in [0.15, 0.2) is 122 Å². The van der Waals surface area contributed by atoms with Crippen LogP contribution in [0.5, 0.6) is 0 Å². The lowest BCUT2D eigenvalue weighted by molar-refractivity contribution is -0.142. The fraction of sp³-hybridized carbons (Fsp3) is 0.413. The molecule has 4 heterocycles. The molecule has 33 heteroatoms. The highest BCUT2D eigenvalue weighted by molar-refractivity contribution is 6.01. The van der Waals surface area contributed by atoms with Gasteiger partial charge in [0.05, 0.1) is 19.4 Å². The zero-order valence-corrected chi connectivity index (χ0v) is 60.4. The van der Waals surface area contributed by atoms with Gasteiger partial charge in [-0.3, -0.25) is 67.1 Å². The van der Waals surface area contributed by atoms with Gasteiger partial charge in [-0.1, -0.05) is 105 Å². The Morgan fingerprint density at radius 2 is 0.944 bits per heavy atom. The Kier molecular flexibility index (Phi) is 29.4. The first kappa shape index (κ1) is 81.7. The zero-order chi connectivity index (χ0) is 78.3. The lowest BCUT2D eigenvalue weighted by Gasteiger charge is -2.31. The third-order valence-corrected chi connectivity index (χ3v) is 19.0. The van der Waals surface area contributed by atoms with Gasteiger partial charge < -0.3 is 100 Å². The molecular formula is C75H95N17O16. The normalized spacial score (nSPS) is 15.8. The molecule has 1 saturated heterocycles. The number of aliphatic carboxylic acids is 1. The number of carbonyl (C=O) groups excluding carboxylic acids is 13. The molecule has 0 bridgehead atoms. The molecule has 12 atom stereocenters. The van der Waals surface area contributed by atoms with Crippen LogP contribution in [0.2, 0.25) is 0 Å². The molecule has 3 aromatic heterocycles. The summed E-state index contributed by atoms with van der Waals surface area (Å²) in [7, 11) is 0. The van der Waals surface area contributed by atoms with Crippen LogP contribution < -0.4 is 70.4 Å². The van der Waals surface area contributed by atoms with Crippen molar-refractivity contribution in [2.45, 2.75) is 171 Å². The van der Waals surface area contributed by atoms with Gasteiger partial charge in [-0.25, -0.2) is 0 Å². The zero-order valence-electron chi connectivity index (χ0n) is 60.4. The highest BCUT2D eigenvalue weighted by Crippen LogP contribution is 2.26. The summed E-state index contributed by atoms with van der Waals surface area (Å²) >= 11 is 0. The molecule has 1 aliphatic rings. The number of fused-ring (bicyclic) bond motifs is 3. The number of unbranched alkanes of at least 4 members (excludes halogenated alkanes) is 1. The summed E-state index contributed by atoms with van der Waals surface area (Å²) in [4.78, 5) is 205. The van der Waals surface area contributed by atoms with Crippen LogP contribution >= 0.6 is 0 Å². The Bertz CT molecular complexity index is 4400. The standard InChI is InChI=1S/C75H95N17O16/c1-5-40(2)64(74(107)89-55(30-43-18-7-6-8-19-43)68(101)85-54(65(78)98)35-63(96)97)91-66(99)41(3)82-73(106)61-27-17-29-92(61)75(108)59(33-46-38-81-52-25-14-11-22-49(46)52)90-70(103)57(32-45-37-80-51-24-13-10-21-48(45)51)86-67(100)53(26-15-16-28-76)84-69(102)56(31-44-36-79-50-23-12-9-20-47(44)50)87-71(104)58(34-62(77)95)88-72(105)60(39-93)83-42(4)94/h6-14,18-25,36-38,40-41,53-61,64,79-81,93H,5,15-17,26-35,39,76H2,1-4H3,(H2,77,95)(H2,78,98)(H,82,106)(H,83,94)(H,84,102)(H,85,101)(H,86,100)(H,87,104)(H,88,105)(H,89,107)(H,90,103)(H,91,99)(H,96,97)/t40-,41-,53-,54-,55-,56-,57-,58-,59-,60-,61-,64-/m0/s1. The molecule has 576 valence electrons. The Hall–Kier alpha value is -12.0. The minimum absolute atomic E-state index is 0.0207. The fourth-order valence-electron chi connectivity index (χ4n) is 13.0. The van der Waals surface area contributed by atoms with E-state index in [1.54, 1.807) is 111 Å². The lowest BCUT2D eigenvalue weighted by Crippen LogP contribution is -2.61. The number of hydrogen-bond donors (Lipinski definition) is 18. The molecular weight excluding hydrogens is 1390 g/mol. The van der Waals surface area contributed by atoms with Crippen molar-refractivity contribution in [2.24, 2.45) is 23.1 Å². The molecule has 108 heavy (non-hydrogen) atoms. The number of primary amides is 2. The fourth-order valence-corrected chi connectivity index (χ4v) is 13.0. The largest absolute Gasteiger partial charge is 0.481 e. The smallest absolute Gasteiger partial charge is 0.305 e. The third-order valence-electron chi connectivity index (χ3n) is 19.0. The molecule has 13 amide bonds. The number of benzene rings is 4. The van der Waals surface area contributed by atoms with E-state index in [1.165, 1.54) is 11.8 Å². The summed E-state index contributed by atoms with van der Waals surface area (Å²) in [6.45, 7) is 5.22. The van der Waals surface area contributed by atoms with Gasteiger partial charge in [0, 0.05) is 90.5 Å². The van der Waals surface area contributed by atoms with E-state index in [0.717, 1.165) is 6.92 Å². The Labute approximate surface area is 621 Å². The van der Waals surface area contributed by atoms with Crippen LogP contribution in [0.25, 0.3) is 32.7 Å². The second kappa shape index (κ2) is 38.8. The molecule has 4 aromatic carbocycles. The first-order valence-corrected chi connectivity index (χ1v) is 35.8. The molecule has 1 aliphatic heterocycles. The van der Waals surface area contributed by atoms with Gasteiger partial charge in [0.1, 0.15) is 66.5 Å². The number of carbonyl (C=O) groups is 14. The number of para-hydroxylation sites is 3. The number of nitrogens with one attached hydrogen (secondary N) is 13. The van der Waals surface area contributed by atoms with Gasteiger partial charge in [-0.2, -0.15) is 0 Å². The number of aromatic nitrogens is 3. The predicted octanol–water partition coefficient (Wildman–Crippen LogP) is -0.717. The number of hydrogen-bond acceptors (Lipinski definition) is 16. The van der Waals surface area contributed by atoms with Crippen molar-refractivity contribution < 1.29 is 77.3 Å². The highest BCUT2D eigenvalue weighted by atomic mass is 16.4. The molecule has 21 N–H and O–H groups in total. The number of rotatable bonds is 40. The summed E-state index contributed by atoms with van der Waals surface area (Å²) in [5.41, 5.74) is 21.2. The summed E-state index contributed by atoms with van der Waals surface area (Å²) < 4.78 is 0. The minimum atomic E-state index is -1.75. The van der Waals surface area contributed by atoms with Crippen LogP contribution in [-0.4, -0.2) is 199 Å². The van der Waals surface area contributed by atoms with Crippen LogP contribution in [0.1, 0.15) is 101 Å². The first-order chi connectivity index (χ1) is 51.7. The first-order valence-electron chi connectivity index (χ1n) is 35.8. The molecule has 33 nitrogen and oxygen atoms in total. The number of H-pyrrole nitrogens is 3. The minimum Gasteiger partial charge on any atom is -0.481 e. The average molecular weight is 1490 g/mol. The van der Waals surface area contributed by atoms with E-state index in [1.807, 2.05) is 24.3 Å². The maximum absolute atomic E-state index is 15.6. The number of nitrogens with two attached hydrogens (primary N) is 3. The number of nitrogens with zero attached hydrogens (tertiary/aromatic N) is 1. The quantitative estimate of drug-likeness (QED) is 0.0211. The van der Waals surface area contributed by atoms with Crippen molar-refractivity contribution in [1.82, 2.24) is 73.0 Å². The Morgan fingerprint density at radius 1 is 0.500 bits per heavy atom. The summed E-state index contributed by atoms with van der Waals surface area (Å²) in [6, 6.07) is 13.8. The van der Waals surface area contributed by atoms with Crippen LogP contribution in [0.3, 0.4) is 0 Å². The topological polar surface area (TPSA) is 528 Å². The van der Waals surface area contributed by atoms with Gasteiger partial charge in [-0.05, 0) is 91.9 Å². The third kappa shape index (κ3) is 22.3. The Morgan fingerprint density at radius 3 is 1.44 bits per heavy atom. The molecule has 0 spiro atoms. The van der Waals surface area contributed by atoms with E-state index in [0.29, 0.717) is 74.2 Å². The van der Waals surface area contributed by atoms with E-state index in [4.69, 9.17) is 17.2 Å². The van der Waals surface area contributed by atoms with Gasteiger partial charge in [-0.15, -0.1) is 0 Å². The maximum atomic E-state index is 15.6. The van der Waals surface area contributed by atoms with Gasteiger partial charge in [0.2, 0.25) is 76.8 Å². The summed E-state index contributed by atoms with van der Waals surface area (Å²) in [5.74, 6) is -13.7. The number of likely N-dealkylation sites (tertiary alicyclic amines) is 1. The van der Waals surface area contributed by atoms with Crippen molar-refractivity contribution in [2.75, 3.05) is 19.7 Å². The molecule has 0 radical (unpaired) electrons. The lowest BCUT2D eigenvalue weighted by atomic mass is 9.96. The van der Waals surface area contributed by atoms with Crippen molar-refractivity contribution in [3.05, 3.63) is 144 Å². The number of carboxylic acids is 1. The van der Waals surface area contributed by atoms with Crippen molar-refractivity contribution in [1.29, 1.82) is 0 Å². The van der Waals surface area contributed by atoms with Crippen molar-refractivity contribution in [3.63, 3.8) is 0 Å². The van der Waals surface area contributed by atoms with Crippen molar-refractivity contribution in [3.8, 4) is 0 Å². The number of carboxylic acid groups (broad SMARTS) is 1. The predicted molar refractivity (Wildman–Crippen MR) is 396 cm³/mol. The number of aliphatic hydroxyl groups excluding tert-OH is 1. The number of aliphatic hydroxyl groups is 1. The maximum Gasteiger partial charge on any atom is 0.305 e. The van der Waals surface area contributed by atoms with E-state index >= 15 is 19.2 Å². The van der Waals surface area contributed by atoms with Gasteiger partial charge in [0.15, 0.2) is 0 Å². The molecule has 7 aromatic rings. The van der Waals surface area contributed by atoms with Crippen LogP contribution in [-0.2, 0) is 92.8 Å². The summed E-state index contributed by atoms with van der Waals surface area (Å²) in [5, 5.41) is 47.5. The van der Waals surface area contributed by atoms with E-state index in [9.17, 15) is 58.2 Å². The van der Waals surface area contributed by atoms with E-state index in [-0.39, 0.29) is 58.0 Å². The molecule has 1 fully saturated rings. The molecule has 0 unspecified atom stereocenters. The molecule has 8 rings (SSSR count). The average Bonchev–Trinajstić information content (AvgIpc) is 1.62. The SMILES string of the molecule is CC[C@H](C)[C@H](NC(=O)[C@H](C)NC(=O)[C@@H]1CCCN1C(=O)[C@H](Cc1c[nH]c2ccccc12)NC(=O)[C@H](Cc1c[nH]c2ccccc12)NC(=O)[C@H](CCCCN)NC(=O)[C@H](Cc1c[nH]c2ccccc12)NC(=O)[C@H](CC(N)=O)NC(=O)[C@H](CO)NC(C)=O)C(=O)N[C@@H](Cc1ccccc1)C(=O)N[C@@H](CC(=O)O)C(N)=O. The second-order valence-electron chi connectivity index (χ2n) is 27.0. The van der Waals surface area contributed by atoms with E-state index in [2.05, 4.69) is 68.1 Å². The van der Waals surface area contributed by atoms with Crippen LogP contribution in [0, 0.1) is 5.92 Å². The molecule has 0 aliphatic carbocycles. The summed E-state index contributed by atoms with van der Waals surface area (Å²) in [6.07, 6.45) is 3.93. The van der Waals surface area contributed by atoms with Gasteiger partial charge in [0.25, 0.3) is 0 Å². The molecule has 0 saturated carbocycles. The van der Waals surface area contributed by atoms with E-state index < -0.39 is 175 Å². The van der Waals surface area contributed by atoms with Gasteiger partial charge >= 0.3 is 5.97 Å². The highest BCUT2D eigenvalue weighted by Gasteiger charge is 2.42. The van der Waals surface area contributed by atoms with Crippen molar-refractivity contribution >= 4 is 115 Å². The second-order valence-corrected chi connectivity index (χ2v) is 27.0. The Balaban J connectivity index is 1.05. The van der Waals surface area contributed by atoms with Crippen LogP contribution in [0.4, 0.5) is 0 Å².